The Morgan fingerprint density at radius 1 is 1.29 bits per heavy atom. The number of hydrogen-bond acceptors (Lipinski definition) is 2. The molecular formula is C15H23NO. The van der Waals surface area contributed by atoms with Gasteiger partial charge in [-0.2, -0.15) is 0 Å². The molecule has 2 N–H and O–H groups in total. The van der Waals surface area contributed by atoms with Gasteiger partial charge in [-0.3, -0.25) is 0 Å². The van der Waals surface area contributed by atoms with Crippen LogP contribution >= 0.6 is 0 Å². The first-order valence-electron chi connectivity index (χ1n) is 6.77. The zero-order valence-corrected chi connectivity index (χ0v) is 10.6. The second kappa shape index (κ2) is 6.18. The van der Waals surface area contributed by atoms with Crippen LogP contribution in [-0.4, -0.2) is 17.8 Å². The summed E-state index contributed by atoms with van der Waals surface area (Å²) in [5.74, 6) is 0.785. The van der Waals surface area contributed by atoms with E-state index in [2.05, 4.69) is 24.4 Å². The van der Waals surface area contributed by atoms with Gasteiger partial charge in [0.2, 0.25) is 0 Å². The van der Waals surface area contributed by atoms with Crippen LogP contribution in [0.4, 0.5) is 0 Å². The second-order valence-corrected chi connectivity index (χ2v) is 5.02. The van der Waals surface area contributed by atoms with Crippen molar-refractivity contribution in [1.82, 2.24) is 5.32 Å². The average molecular weight is 233 g/mol. The summed E-state index contributed by atoms with van der Waals surface area (Å²) in [5, 5.41) is 13.2. The topological polar surface area (TPSA) is 32.3 Å². The highest BCUT2D eigenvalue weighted by atomic mass is 16.3. The minimum atomic E-state index is 0.0911. The molecule has 0 saturated heterocycles. The summed E-state index contributed by atoms with van der Waals surface area (Å²) in [6.07, 6.45) is 5.15. The quantitative estimate of drug-likeness (QED) is 0.819. The lowest BCUT2D eigenvalue weighted by atomic mass is 9.98. The van der Waals surface area contributed by atoms with Crippen molar-refractivity contribution < 1.29 is 5.11 Å². The predicted molar refractivity (Wildman–Crippen MR) is 70.8 cm³/mol. The Morgan fingerprint density at radius 3 is 2.71 bits per heavy atom. The van der Waals surface area contributed by atoms with Crippen LogP contribution < -0.4 is 5.32 Å². The third kappa shape index (κ3) is 3.08. The molecule has 2 unspecified atom stereocenters. The van der Waals surface area contributed by atoms with E-state index in [0.717, 1.165) is 5.92 Å². The van der Waals surface area contributed by atoms with Gasteiger partial charge in [0, 0.05) is 6.04 Å². The SMILES string of the molecule is CCC1CCCC1N[C@H](CO)c1ccccc1. The van der Waals surface area contributed by atoms with Crippen LogP contribution in [0, 0.1) is 5.92 Å². The Hall–Kier alpha value is -0.860. The van der Waals surface area contributed by atoms with Gasteiger partial charge >= 0.3 is 0 Å². The first-order valence-corrected chi connectivity index (χ1v) is 6.77. The molecule has 2 heteroatoms. The van der Waals surface area contributed by atoms with Gasteiger partial charge in [-0.25, -0.2) is 0 Å². The van der Waals surface area contributed by atoms with Gasteiger partial charge in [0.25, 0.3) is 0 Å². The van der Waals surface area contributed by atoms with E-state index < -0.39 is 0 Å². The van der Waals surface area contributed by atoms with Crippen LogP contribution in [0.15, 0.2) is 30.3 Å². The van der Waals surface area contributed by atoms with Crippen LogP contribution in [-0.2, 0) is 0 Å². The second-order valence-electron chi connectivity index (χ2n) is 5.02. The molecule has 0 heterocycles. The Kier molecular flexibility index (Phi) is 4.57. The number of benzene rings is 1. The molecule has 1 aliphatic carbocycles. The molecule has 1 aliphatic rings. The first kappa shape index (κ1) is 12.6. The molecule has 0 amide bonds. The van der Waals surface area contributed by atoms with Gasteiger partial charge < -0.3 is 10.4 Å². The maximum absolute atomic E-state index is 9.54. The number of aliphatic hydroxyl groups excluding tert-OH is 1. The lowest BCUT2D eigenvalue weighted by Gasteiger charge is -2.25. The van der Waals surface area contributed by atoms with Crippen molar-refractivity contribution in [3.8, 4) is 0 Å². The third-order valence-electron chi connectivity index (χ3n) is 3.98. The van der Waals surface area contributed by atoms with Crippen molar-refractivity contribution in [3.63, 3.8) is 0 Å². The largest absolute Gasteiger partial charge is 0.394 e. The summed E-state index contributed by atoms with van der Waals surface area (Å²) in [7, 11) is 0. The molecule has 94 valence electrons. The highest BCUT2D eigenvalue weighted by Crippen LogP contribution is 2.30. The molecule has 2 rings (SSSR count). The highest BCUT2D eigenvalue weighted by molar-refractivity contribution is 5.19. The molecule has 2 nitrogen and oxygen atoms in total. The van der Waals surface area contributed by atoms with Crippen LogP contribution in [0.1, 0.15) is 44.2 Å². The highest BCUT2D eigenvalue weighted by Gasteiger charge is 2.27. The lowest BCUT2D eigenvalue weighted by molar-refractivity contribution is 0.221. The summed E-state index contributed by atoms with van der Waals surface area (Å²) in [6, 6.07) is 10.9. The number of hydrogen-bond donors (Lipinski definition) is 2. The number of nitrogens with one attached hydrogen (secondary N) is 1. The van der Waals surface area contributed by atoms with Gasteiger partial charge in [-0.15, -0.1) is 0 Å². The fourth-order valence-electron chi connectivity index (χ4n) is 2.94. The summed E-state index contributed by atoms with van der Waals surface area (Å²) < 4.78 is 0. The van der Waals surface area contributed by atoms with Gasteiger partial charge in [0.1, 0.15) is 0 Å². The minimum Gasteiger partial charge on any atom is -0.394 e. The Balaban J connectivity index is 2.00. The van der Waals surface area contributed by atoms with E-state index in [1.54, 1.807) is 0 Å². The summed E-state index contributed by atoms with van der Waals surface area (Å²) in [5.41, 5.74) is 1.19. The van der Waals surface area contributed by atoms with E-state index in [4.69, 9.17) is 0 Å². The van der Waals surface area contributed by atoms with Crippen molar-refractivity contribution in [1.29, 1.82) is 0 Å². The van der Waals surface area contributed by atoms with Crippen molar-refractivity contribution in [3.05, 3.63) is 35.9 Å². The number of aliphatic hydroxyl groups is 1. The zero-order chi connectivity index (χ0) is 12.1. The van der Waals surface area contributed by atoms with Crippen LogP contribution in [0.25, 0.3) is 0 Å². The van der Waals surface area contributed by atoms with Crippen molar-refractivity contribution in [2.75, 3.05) is 6.61 Å². The normalized spacial score (nSPS) is 26.0. The standard InChI is InChI=1S/C15H23NO/c1-2-12-9-6-10-14(12)16-15(11-17)13-7-4-3-5-8-13/h3-5,7-8,12,14-17H,2,6,9-11H2,1H3/t12?,14?,15-/m1/s1. The molecule has 0 spiro atoms. The fourth-order valence-corrected chi connectivity index (χ4v) is 2.94. The van der Waals surface area contributed by atoms with E-state index in [0.29, 0.717) is 6.04 Å². The zero-order valence-electron chi connectivity index (χ0n) is 10.6. The van der Waals surface area contributed by atoms with Crippen LogP contribution in [0.5, 0.6) is 0 Å². The molecule has 0 aliphatic heterocycles. The molecule has 0 radical (unpaired) electrons. The Morgan fingerprint density at radius 2 is 2.06 bits per heavy atom. The maximum Gasteiger partial charge on any atom is 0.0626 e. The monoisotopic (exact) mass is 233 g/mol. The van der Waals surface area contributed by atoms with Gasteiger partial charge in [-0.05, 0) is 24.3 Å². The molecule has 0 bridgehead atoms. The van der Waals surface area contributed by atoms with E-state index in [-0.39, 0.29) is 12.6 Å². The molecule has 1 aromatic rings. The third-order valence-corrected chi connectivity index (χ3v) is 3.98. The van der Waals surface area contributed by atoms with Gasteiger partial charge in [-0.1, -0.05) is 50.1 Å². The molecule has 3 atom stereocenters. The van der Waals surface area contributed by atoms with Crippen molar-refractivity contribution in [2.24, 2.45) is 5.92 Å². The summed E-state index contributed by atoms with van der Waals surface area (Å²) in [6.45, 7) is 2.44. The van der Waals surface area contributed by atoms with Gasteiger partial charge in [0.15, 0.2) is 0 Å². The van der Waals surface area contributed by atoms with Crippen LogP contribution in [0.2, 0.25) is 0 Å². The first-order chi connectivity index (χ1) is 8.35. The average Bonchev–Trinajstić information content (AvgIpc) is 2.84. The maximum atomic E-state index is 9.54. The summed E-state index contributed by atoms with van der Waals surface area (Å²) >= 11 is 0. The van der Waals surface area contributed by atoms with E-state index >= 15 is 0 Å². The van der Waals surface area contributed by atoms with Crippen molar-refractivity contribution in [2.45, 2.75) is 44.7 Å². The van der Waals surface area contributed by atoms with E-state index in [1.807, 2.05) is 18.2 Å². The molecule has 1 aromatic carbocycles. The summed E-state index contributed by atoms with van der Waals surface area (Å²) in [4.78, 5) is 0. The Labute approximate surface area is 104 Å². The molecular weight excluding hydrogens is 210 g/mol. The Bertz CT molecular complexity index is 325. The van der Waals surface area contributed by atoms with E-state index in [1.165, 1.54) is 31.2 Å². The molecule has 0 aromatic heterocycles. The van der Waals surface area contributed by atoms with Crippen molar-refractivity contribution >= 4 is 0 Å². The lowest BCUT2D eigenvalue weighted by Crippen LogP contribution is -2.37. The fraction of sp³-hybridized carbons (Fsp3) is 0.600. The smallest absolute Gasteiger partial charge is 0.0626 e. The van der Waals surface area contributed by atoms with E-state index in [9.17, 15) is 5.11 Å². The predicted octanol–water partition coefficient (Wildman–Crippen LogP) is 2.89. The molecule has 1 saturated carbocycles. The van der Waals surface area contributed by atoms with Crippen LogP contribution in [0.3, 0.4) is 0 Å². The van der Waals surface area contributed by atoms with Gasteiger partial charge in [0.05, 0.1) is 12.6 Å². The number of rotatable bonds is 5. The molecule has 17 heavy (non-hydrogen) atoms. The minimum absolute atomic E-state index is 0.0911. The molecule has 1 fully saturated rings.